The molecular formula is C11H18N4O. The summed E-state index contributed by atoms with van der Waals surface area (Å²) in [7, 11) is 0. The van der Waals surface area contributed by atoms with E-state index in [1.807, 2.05) is 6.92 Å². The van der Waals surface area contributed by atoms with Crippen LogP contribution in [0.5, 0.6) is 0 Å². The summed E-state index contributed by atoms with van der Waals surface area (Å²) in [6.45, 7) is 8.56. The Labute approximate surface area is 95.6 Å². The van der Waals surface area contributed by atoms with Crippen LogP contribution in [0.25, 0.3) is 0 Å². The Kier molecular flexibility index (Phi) is 2.71. The summed E-state index contributed by atoms with van der Waals surface area (Å²) in [4.78, 5) is 10.6. The summed E-state index contributed by atoms with van der Waals surface area (Å²) in [5, 5.41) is 0. The second-order valence-electron chi connectivity index (χ2n) is 4.75. The van der Waals surface area contributed by atoms with Gasteiger partial charge in [0.2, 0.25) is 5.95 Å². The van der Waals surface area contributed by atoms with Gasteiger partial charge in [0.05, 0.1) is 18.8 Å². The fourth-order valence-corrected chi connectivity index (χ4v) is 1.97. The van der Waals surface area contributed by atoms with E-state index in [1.165, 1.54) is 0 Å². The topological polar surface area (TPSA) is 64.3 Å². The molecule has 0 radical (unpaired) electrons. The number of nitrogen functional groups attached to an aromatic ring is 1. The van der Waals surface area contributed by atoms with Crippen molar-refractivity contribution in [3.8, 4) is 0 Å². The van der Waals surface area contributed by atoms with E-state index in [9.17, 15) is 0 Å². The third-order valence-electron chi connectivity index (χ3n) is 2.86. The minimum absolute atomic E-state index is 0.0518. The van der Waals surface area contributed by atoms with E-state index in [2.05, 4.69) is 28.7 Å². The average molecular weight is 222 g/mol. The van der Waals surface area contributed by atoms with Gasteiger partial charge >= 0.3 is 0 Å². The summed E-state index contributed by atoms with van der Waals surface area (Å²) >= 11 is 0. The van der Waals surface area contributed by atoms with Gasteiger partial charge in [0.15, 0.2) is 0 Å². The molecule has 0 bridgehead atoms. The molecule has 2 heterocycles. The van der Waals surface area contributed by atoms with E-state index < -0.39 is 0 Å². The van der Waals surface area contributed by atoms with E-state index in [-0.39, 0.29) is 5.54 Å². The molecule has 1 saturated heterocycles. The molecule has 5 nitrogen and oxygen atoms in total. The molecule has 1 aromatic rings. The predicted octanol–water partition coefficient (Wildman–Crippen LogP) is 0.982. The molecule has 0 unspecified atom stereocenters. The highest BCUT2D eigenvalue weighted by Crippen LogP contribution is 2.27. The van der Waals surface area contributed by atoms with Gasteiger partial charge in [-0.25, -0.2) is 4.98 Å². The zero-order valence-electron chi connectivity index (χ0n) is 10.0. The van der Waals surface area contributed by atoms with E-state index >= 15 is 0 Å². The van der Waals surface area contributed by atoms with E-state index in [4.69, 9.17) is 10.5 Å². The maximum Gasteiger partial charge on any atom is 0.221 e. The van der Waals surface area contributed by atoms with Crippen LogP contribution in [0, 0.1) is 6.92 Å². The Morgan fingerprint density at radius 1 is 1.50 bits per heavy atom. The molecule has 2 N–H and O–H groups in total. The fraction of sp³-hybridized carbons (Fsp3) is 0.636. The van der Waals surface area contributed by atoms with Crippen LogP contribution in [-0.4, -0.2) is 35.3 Å². The number of nitrogens with zero attached hydrogens (tertiary/aromatic N) is 3. The van der Waals surface area contributed by atoms with Crippen molar-refractivity contribution in [3.05, 3.63) is 11.8 Å². The first-order chi connectivity index (χ1) is 7.50. The van der Waals surface area contributed by atoms with Crippen LogP contribution in [0.4, 0.5) is 11.8 Å². The van der Waals surface area contributed by atoms with Crippen LogP contribution in [0.1, 0.15) is 19.4 Å². The number of aromatic nitrogens is 2. The van der Waals surface area contributed by atoms with E-state index in [0.717, 1.165) is 24.5 Å². The quantitative estimate of drug-likeness (QED) is 0.767. The molecule has 5 heteroatoms. The lowest BCUT2D eigenvalue weighted by Crippen LogP contribution is -2.53. The zero-order valence-corrected chi connectivity index (χ0v) is 10.0. The van der Waals surface area contributed by atoms with Gasteiger partial charge in [-0.1, -0.05) is 0 Å². The van der Waals surface area contributed by atoms with Crippen LogP contribution < -0.4 is 10.6 Å². The van der Waals surface area contributed by atoms with Crippen molar-refractivity contribution >= 4 is 11.8 Å². The molecule has 1 aromatic heterocycles. The summed E-state index contributed by atoms with van der Waals surface area (Å²) in [5.74, 6) is 1.24. The lowest BCUT2D eigenvalue weighted by molar-refractivity contribution is 0.0638. The Bertz CT molecular complexity index is 392. The molecule has 0 atom stereocenters. The summed E-state index contributed by atoms with van der Waals surface area (Å²) in [5.41, 5.74) is 6.64. The van der Waals surface area contributed by atoms with Gasteiger partial charge in [-0.15, -0.1) is 0 Å². The molecule has 2 rings (SSSR count). The maximum absolute atomic E-state index is 5.64. The van der Waals surface area contributed by atoms with Gasteiger partial charge in [0, 0.05) is 18.3 Å². The normalized spacial score (nSPS) is 19.8. The van der Waals surface area contributed by atoms with Crippen molar-refractivity contribution in [2.24, 2.45) is 0 Å². The average Bonchev–Trinajstić information content (AvgIpc) is 2.22. The molecule has 0 amide bonds. The van der Waals surface area contributed by atoms with Gasteiger partial charge in [0.1, 0.15) is 5.82 Å². The van der Waals surface area contributed by atoms with Gasteiger partial charge in [-0.3, -0.25) is 0 Å². The molecule has 1 aliphatic rings. The third kappa shape index (κ3) is 1.95. The number of ether oxygens (including phenoxy) is 1. The van der Waals surface area contributed by atoms with Crippen LogP contribution in [0.3, 0.4) is 0 Å². The first kappa shape index (κ1) is 11.1. The third-order valence-corrected chi connectivity index (χ3v) is 2.86. The first-order valence-electron chi connectivity index (χ1n) is 5.45. The van der Waals surface area contributed by atoms with Crippen molar-refractivity contribution in [2.45, 2.75) is 26.3 Å². The van der Waals surface area contributed by atoms with Gasteiger partial charge in [0.25, 0.3) is 0 Å². The second kappa shape index (κ2) is 3.90. The SMILES string of the molecule is Cc1cnc(N)nc1N1CCOCC1(C)C. The minimum atomic E-state index is -0.0518. The number of nitrogens with two attached hydrogens (primary N) is 1. The Balaban J connectivity index is 2.38. The molecule has 0 spiro atoms. The number of hydrogen-bond donors (Lipinski definition) is 1. The first-order valence-corrected chi connectivity index (χ1v) is 5.45. The molecule has 1 aliphatic heterocycles. The maximum atomic E-state index is 5.64. The number of morpholine rings is 1. The minimum Gasteiger partial charge on any atom is -0.377 e. The van der Waals surface area contributed by atoms with Crippen molar-refractivity contribution in [1.29, 1.82) is 0 Å². The van der Waals surface area contributed by atoms with Crippen molar-refractivity contribution in [1.82, 2.24) is 9.97 Å². The predicted molar refractivity (Wildman–Crippen MR) is 63.4 cm³/mol. The van der Waals surface area contributed by atoms with E-state index in [0.29, 0.717) is 12.6 Å². The lowest BCUT2D eigenvalue weighted by Gasteiger charge is -2.43. The molecule has 16 heavy (non-hydrogen) atoms. The zero-order chi connectivity index (χ0) is 11.8. The molecule has 0 aromatic carbocycles. The Morgan fingerprint density at radius 2 is 2.25 bits per heavy atom. The smallest absolute Gasteiger partial charge is 0.221 e. The van der Waals surface area contributed by atoms with Crippen LogP contribution >= 0.6 is 0 Å². The highest BCUT2D eigenvalue weighted by Gasteiger charge is 2.32. The largest absolute Gasteiger partial charge is 0.377 e. The number of anilines is 2. The fourth-order valence-electron chi connectivity index (χ4n) is 1.97. The molecule has 0 aliphatic carbocycles. The Hall–Kier alpha value is -1.36. The Morgan fingerprint density at radius 3 is 2.94 bits per heavy atom. The second-order valence-corrected chi connectivity index (χ2v) is 4.75. The van der Waals surface area contributed by atoms with Gasteiger partial charge < -0.3 is 15.4 Å². The molecule has 0 saturated carbocycles. The summed E-state index contributed by atoms with van der Waals surface area (Å²) in [6, 6.07) is 0. The van der Waals surface area contributed by atoms with Crippen LogP contribution in [0.2, 0.25) is 0 Å². The number of rotatable bonds is 1. The van der Waals surface area contributed by atoms with E-state index in [1.54, 1.807) is 6.20 Å². The standard InChI is InChI=1S/C11H18N4O/c1-8-6-13-10(12)14-9(8)15-4-5-16-7-11(15,2)3/h6H,4-5,7H2,1-3H3,(H2,12,13,14). The highest BCUT2D eigenvalue weighted by atomic mass is 16.5. The molecular weight excluding hydrogens is 204 g/mol. The highest BCUT2D eigenvalue weighted by molar-refractivity contribution is 5.50. The number of hydrogen-bond acceptors (Lipinski definition) is 5. The molecule has 88 valence electrons. The van der Waals surface area contributed by atoms with Gasteiger partial charge in [-0.2, -0.15) is 4.98 Å². The summed E-state index contributed by atoms with van der Waals surface area (Å²) < 4.78 is 5.49. The van der Waals surface area contributed by atoms with Crippen molar-refractivity contribution < 1.29 is 4.74 Å². The molecule has 1 fully saturated rings. The van der Waals surface area contributed by atoms with Crippen LogP contribution in [0.15, 0.2) is 6.20 Å². The van der Waals surface area contributed by atoms with Crippen LogP contribution in [-0.2, 0) is 4.74 Å². The summed E-state index contributed by atoms with van der Waals surface area (Å²) in [6.07, 6.45) is 1.77. The monoisotopic (exact) mass is 222 g/mol. The van der Waals surface area contributed by atoms with Gasteiger partial charge in [-0.05, 0) is 20.8 Å². The van der Waals surface area contributed by atoms with Crippen molar-refractivity contribution in [3.63, 3.8) is 0 Å². The number of aryl methyl sites for hydroxylation is 1. The van der Waals surface area contributed by atoms with Crippen molar-refractivity contribution in [2.75, 3.05) is 30.4 Å². The lowest BCUT2D eigenvalue weighted by atomic mass is 10.0.